The van der Waals surface area contributed by atoms with Crippen LogP contribution in [0.4, 0.5) is 0 Å². The van der Waals surface area contributed by atoms with Gasteiger partial charge in [0.1, 0.15) is 5.54 Å². The minimum atomic E-state index is -0.951. The summed E-state index contributed by atoms with van der Waals surface area (Å²) in [6.07, 6.45) is 4.12. The molecule has 0 saturated carbocycles. The zero-order chi connectivity index (χ0) is 12.1. The number of rotatable bonds is 4. The first-order chi connectivity index (χ1) is 8.24. The zero-order valence-electron chi connectivity index (χ0n) is 9.45. The predicted octanol–water partition coefficient (Wildman–Crippen LogP) is 1.65. The smallest absolute Gasteiger partial charge is 0.131 e. The van der Waals surface area contributed by atoms with Crippen molar-refractivity contribution in [2.75, 3.05) is 0 Å². The fourth-order valence-corrected chi connectivity index (χ4v) is 1.72. The molecule has 2 N–H and O–H groups in total. The van der Waals surface area contributed by atoms with E-state index in [1.165, 1.54) is 0 Å². The number of aromatic nitrogens is 2. The van der Waals surface area contributed by atoms with E-state index >= 15 is 0 Å². The summed E-state index contributed by atoms with van der Waals surface area (Å²) < 4.78 is 1.78. The molecule has 0 saturated heterocycles. The van der Waals surface area contributed by atoms with Crippen molar-refractivity contribution in [1.82, 2.24) is 9.78 Å². The topological polar surface area (TPSA) is 67.6 Å². The summed E-state index contributed by atoms with van der Waals surface area (Å²) in [6, 6.07) is 13.5. The van der Waals surface area contributed by atoms with Gasteiger partial charge in [-0.1, -0.05) is 30.3 Å². The van der Waals surface area contributed by atoms with E-state index in [0.717, 1.165) is 5.56 Å². The van der Waals surface area contributed by atoms with Crippen molar-refractivity contribution in [1.29, 1.82) is 5.26 Å². The molecule has 2 aromatic rings. The van der Waals surface area contributed by atoms with Crippen LogP contribution < -0.4 is 5.73 Å². The fourth-order valence-electron chi connectivity index (χ4n) is 1.72. The van der Waals surface area contributed by atoms with Gasteiger partial charge in [0.25, 0.3) is 0 Å². The second kappa shape index (κ2) is 4.81. The van der Waals surface area contributed by atoms with Crippen molar-refractivity contribution in [3.8, 4) is 6.07 Å². The van der Waals surface area contributed by atoms with E-state index in [2.05, 4.69) is 11.2 Å². The lowest BCUT2D eigenvalue weighted by molar-refractivity contribution is 0.451. The van der Waals surface area contributed by atoms with Crippen LogP contribution in [0.25, 0.3) is 0 Å². The second-order valence-corrected chi connectivity index (χ2v) is 3.97. The summed E-state index contributed by atoms with van der Waals surface area (Å²) in [5.74, 6) is 0. The third-order valence-electron chi connectivity index (χ3n) is 2.78. The summed E-state index contributed by atoms with van der Waals surface area (Å²) in [7, 11) is 0. The third kappa shape index (κ3) is 2.52. The first kappa shape index (κ1) is 11.4. The van der Waals surface area contributed by atoms with E-state index in [-0.39, 0.29) is 0 Å². The number of hydrogen-bond donors (Lipinski definition) is 1. The average Bonchev–Trinajstić information content (AvgIpc) is 2.90. The Morgan fingerprint density at radius 2 is 2.06 bits per heavy atom. The standard InChI is InChI=1S/C13H14N4/c14-11-13(15,12-5-2-1-3-6-12)7-10-17-9-4-8-16-17/h1-6,8-9H,7,10,15H2. The lowest BCUT2D eigenvalue weighted by atomic mass is 9.89. The van der Waals surface area contributed by atoms with Gasteiger partial charge in [-0.3, -0.25) is 4.68 Å². The SMILES string of the molecule is N#CC(N)(CCn1cccn1)c1ccccc1. The van der Waals surface area contributed by atoms with E-state index < -0.39 is 5.54 Å². The highest BCUT2D eigenvalue weighted by Crippen LogP contribution is 2.21. The van der Waals surface area contributed by atoms with Crippen LogP contribution in [0.15, 0.2) is 48.8 Å². The van der Waals surface area contributed by atoms with Crippen molar-refractivity contribution in [2.45, 2.75) is 18.5 Å². The molecule has 1 aromatic carbocycles. The Morgan fingerprint density at radius 3 is 2.65 bits per heavy atom. The van der Waals surface area contributed by atoms with Crippen molar-refractivity contribution in [3.05, 3.63) is 54.4 Å². The predicted molar refractivity (Wildman–Crippen MR) is 64.8 cm³/mol. The molecule has 0 spiro atoms. The van der Waals surface area contributed by atoms with Crippen LogP contribution in [-0.2, 0) is 12.1 Å². The van der Waals surface area contributed by atoms with Gasteiger partial charge in [-0.15, -0.1) is 0 Å². The van der Waals surface area contributed by atoms with Gasteiger partial charge in [-0.2, -0.15) is 10.4 Å². The van der Waals surface area contributed by atoms with Crippen molar-refractivity contribution >= 4 is 0 Å². The van der Waals surface area contributed by atoms with Crippen LogP contribution in [0.1, 0.15) is 12.0 Å². The van der Waals surface area contributed by atoms with Crippen molar-refractivity contribution in [3.63, 3.8) is 0 Å². The summed E-state index contributed by atoms with van der Waals surface area (Å²) in [6.45, 7) is 0.631. The molecule has 0 aliphatic carbocycles. The maximum atomic E-state index is 9.26. The van der Waals surface area contributed by atoms with Gasteiger partial charge in [0, 0.05) is 25.4 Å². The third-order valence-corrected chi connectivity index (χ3v) is 2.78. The van der Waals surface area contributed by atoms with E-state index in [9.17, 15) is 5.26 Å². The van der Waals surface area contributed by atoms with E-state index in [4.69, 9.17) is 5.73 Å². The molecule has 1 atom stereocenters. The Morgan fingerprint density at radius 1 is 1.29 bits per heavy atom. The van der Waals surface area contributed by atoms with Gasteiger partial charge in [-0.05, 0) is 11.6 Å². The highest BCUT2D eigenvalue weighted by molar-refractivity contribution is 5.30. The largest absolute Gasteiger partial charge is 0.310 e. The van der Waals surface area contributed by atoms with Gasteiger partial charge < -0.3 is 5.73 Å². The maximum Gasteiger partial charge on any atom is 0.131 e. The minimum Gasteiger partial charge on any atom is -0.310 e. The summed E-state index contributed by atoms with van der Waals surface area (Å²) >= 11 is 0. The minimum absolute atomic E-state index is 0.537. The number of hydrogen-bond acceptors (Lipinski definition) is 3. The van der Waals surface area contributed by atoms with Crippen LogP contribution >= 0.6 is 0 Å². The quantitative estimate of drug-likeness (QED) is 0.861. The molecule has 0 aliphatic heterocycles. The van der Waals surface area contributed by atoms with E-state index in [1.54, 1.807) is 10.9 Å². The number of nitrogens with two attached hydrogens (primary N) is 1. The van der Waals surface area contributed by atoms with Crippen LogP contribution in [0, 0.1) is 11.3 Å². The van der Waals surface area contributed by atoms with Gasteiger partial charge in [-0.25, -0.2) is 0 Å². The molecule has 2 rings (SSSR count). The summed E-state index contributed by atoms with van der Waals surface area (Å²) in [4.78, 5) is 0. The highest BCUT2D eigenvalue weighted by atomic mass is 15.3. The monoisotopic (exact) mass is 226 g/mol. The van der Waals surface area contributed by atoms with Crippen LogP contribution in [-0.4, -0.2) is 9.78 Å². The van der Waals surface area contributed by atoms with Crippen LogP contribution in [0.5, 0.6) is 0 Å². The molecule has 0 fully saturated rings. The fraction of sp³-hybridized carbons (Fsp3) is 0.231. The molecule has 0 radical (unpaired) electrons. The van der Waals surface area contributed by atoms with Gasteiger partial charge in [0.2, 0.25) is 0 Å². The second-order valence-electron chi connectivity index (χ2n) is 3.97. The van der Waals surface area contributed by atoms with Gasteiger partial charge in [0.15, 0.2) is 0 Å². The normalized spacial score (nSPS) is 13.9. The molecular weight excluding hydrogens is 212 g/mol. The van der Waals surface area contributed by atoms with Crippen molar-refractivity contribution in [2.24, 2.45) is 5.73 Å². The summed E-state index contributed by atoms with van der Waals surface area (Å²) in [5.41, 5.74) is 6.02. The molecular formula is C13H14N4. The van der Waals surface area contributed by atoms with Gasteiger partial charge in [0.05, 0.1) is 6.07 Å². The Hall–Kier alpha value is -2.12. The van der Waals surface area contributed by atoms with E-state index in [0.29, 0.717) is 13.0 Å². The van der Waals surface area contributed by atoms with Crippen LogP contribution in [0.3, 0.4) is 0 Å². The number of benzene rings is 1. The molecule has 0 amide bonds. The van der Waals surface area contributed by atoms with Gasteiger partial charge >= 0.3 is 0 Å². The molecule has 4 nitrogen and oxygen atoms in total. The Balaban J connectivity index is 2.13. The average molecular weight is 226 g/mol. The molecule has 1 heterocycles. The van der Waals surface area contributed by atoms with Crippen LogP contribution in [0.2, 0.25) is 0 Å². The first-order valence-corrected chi connectivity index (χ1v) is 5.48. The Bertz CT molecular complexity index is 498. The zero-order valence-corrected chi connectivity index (χ0v) is 9.45. The molecule has 1 aromatic heterocycles. The molecule has 86 valence electrons. The lowest BCUT2D eigenvalue weighted by Crippen LogP contribution is -2.36. The number of nitrogens with zero attached hydrogens (tertiary/aromatic N) is 3. The molecule has 4 heteroatoms. The summed E-state index contributed by atoms with van der Waals surface area (Å²) in [5, 5.41) is 13.4. The first-order valence-electron chi connectivity index (χ1n) is 5.48. The lowest BCUT2D eigenvalue weighted by Gasteiger charge is -2.21. The van der Waals surface area contributed by atoms with E-state index in [1.807, 2.05) is 42.6 Å². The number of aryl methyl sites for hydroxylation is 1. The molecule has 17 heavy (non-hydrogen) atoms. The molecule has 1 unspecified atom stereocenters. The Kier molecular flexibility index (Phi) is 3.22. The Labute approximate surface area is 100 Å². The number of nitriles is 1. The maximum absolute atomic E-state index is 9.26. The highest BCUT2D eigenvalue weighted by Gasteiger charge is 2.26. The van der Waals surface area contributed by atoms with Crippen molar-refractivity contribution < 1.29 is 0 Å². The molecule has 0 bridgehead atoms. The molecule has 0 aliphatic rings.